The van der Waals surface area contributed by atoms with Crippen molar-refractivity contribution in [2.45, 2.75) is 19.8 Å². The molecule has 1 atom stereocenters. The number of piperidine rings is 1. The van der Waals surface area contributed by atoms with Crippen molar-refractivity contribution < 1.29 is 4.79 Å². The number of fused-ring (bicyclic) bond motifs is 1. The number of rotatable bonds is 3. The van der Waals surface area contributed by atoms with E-state index in [0.717, 1.165) is 35.0 Å². The van der Waals surface area contributed by atoms with Crippen molar-refractivity contribution in [1.82, 2.24) is 15.2 Å². The normalized spacial score (nSPS) is 18.0. The Kier molecular flexibility index (Phi) is 4.15. The molecule has 4 rings (SSSR count). The standard InChI is InChI=1S/C16H17N5OS2/c1-10-19-20-15(23-10)18-14(22)11-5-4-8-21(9-11)16-17-12-6-2-3-7-13(12)24-16/h2-3,6-7,11H,4-5,8-9H2,1H3,(H,18,20,22). The van der Waals surface area contributed by atoms with Crippen LogP contribution in [0.4, 0.5) is 10.3 Å². The number of anilines is 2. The van der Waals surface area contributed by atoms with E-state index in [-0.39, 0.29) is 11.8 Å². The van der Waals surface area contributed by atoms with Gasteiger partial charge in [0.05, 0.1) is 16.1 Å². The second-order valence-electron chi connectivity index (χ2n) is 5.86. The number of nitrogens with one attached hydrogen (secondary N) is 1. The number of amides is 1. The summed E-state index contributed by atoms with van der Waals surface area (Å²) in [5.41, 5.74) is 1.02. The van der Waals surface area contributed by atoms with Gasteiger partial charge >= 0.3 is 0 Å². The number of thiazole rings is 1. The van der Waals surface area contributed by atoms with Gasteiger partial charge in [-0.15, -0.1) is 10.2 Å². The van der Waals surface area contributed by atoms with Crippen molar-refractivity contribution in [2.24, 2.45) is 5.92 Å². The van der Waals surface area contributed by atoms with E-state index in [1.54, 1.807) is 11.3 Å². The Bertz CT molecular complexity index is 841. The lowest BCUT2D eigenvalue weighted by Crippen LogP contribution is -2.40. The zero-order valence-corrected chi connectivity index (χ0v) is 14.9. The third-order valence-electron chi connectivity index (χ3n) is 4.10. The predicted molar refractivity (Wildman–Crippen MR) is 97.8 cm³/mol. The summed E-state index contributed by atoms with van der Waals surface area (Å²) in [5.74, 6) is -0.0214. The van der Waals surface area contributed by atoms with Crippen LogP contribution in [0.3, 0.4) is 0 Å². The molecule has 0 aliphatic carbocycles. The molecule has 0 radical (unpaired) electrons. The Morgan fingerprint density at radius 3 is 2.96 bits per heavy atom. The van der Waals surface area contributed by atoms with Crippen LogP contribution in [-0.2, 0) is 4.79 Å². The average Bonchev–Trinajstić information content (AvgIpc) is 3.21. The van der Waals surface area contributed by atoms with Crippen LogP contribution in [0.15, 0.2) is 24.3 Å². The maximum absolute atomic E-state index is 12.5. The third kappa shape index (κ3) is 3.11. The van der Waals surface area contributed by atoms with Crippen molar-refractivity contribution in [3.05, 3.63) is 29.3 Å². The Morgan fingerprint density at radius 1 is 1.29 bits per heavy atom. The quantitative estimate of drug-likeness (QED) is 0.777. The van der Waals surface area contributed by atoms with E-state index < -0.39 is 0 Å². The van der Waals surface area contributed by atoms with E-state index in [0.29, 0.717) is 11.7 Å². The molecule has 1 aromatic carbocycles. The number of carbonyl (C=O) groups is 1. The first kappa shape index (κ1) is 15.5. The summed E-state index contributed by atoms with van der Waals surface area (Å²) in [4.78, 5) is 19.4. The van der Waals surface area contributed by atoms with Crippen LogP contribution in [0.25, 0.3) is 10.2 Å². The molecule has 0 spiro atoms. The number of aryl methyl sites for hydroxylation is 1. The molecule has 2 aromatic heterocycles. The first-order valence-electron chi connectivity index (χ1n) is 7.90. The van der Waals surface area contributed by atoms with Gasteiger partial charge in [-0.3, -0.25) is 4.79 Å². The summed E-state index contributed by atoms with van der Waals surface area (Å²) < 4.78 is 1.18. The van der Waals surface area contributed by atoms with Crippen LogP contribution in [0.2, 0.25) is 0 Å². The van der Waals surface area contributed by atoms with Gasteiger partial charge in [-0.2, -0.15) is 0 Å². The van der Waals surface area contributed by atoms with E-state index >= 15 is 0 Å². The number of para-hydroxylation sites is 1. The number of hydrogen-bond donors (Lipinski definition) is 1. The Labute approximate surface area is 147 Å². The molecule has 0 saturated carbocycles. The highest BCUT2D eigenvalue weighted by Crippen LogP contribution is 2.31. The molecule has 24 heavy (non-hydrogen) atoms. The monoisotopic (exact) mass is 359 g/mol. The van der Waals surface area contributed by atoms with E-state index in [2.05, 4.69) is 26.5 Å². The Morgan fingerprint density at radius 2 is 2.17 bits per heavy atom. The number of carbonyl (C=O) groups excluding carboxylic acids is 1. The molecule has 1 unspecified atom stereocenters. The second kappa shape index (κ2) is 6.45. The summed E-state index contributed by atoms with van der Waals surface area (Å²) >= 11 is 3.09. The smallest absolute Gasteiger partial charge is 0.231 e. The van der Waals surface area contributed by atoms with Crippen molar-refractivity contribution in [2.75, 3.05) is 23.3 Å². The fourth-order valence-corrected chi connectivity index (χ4v) is 4.51. The summed E-state index contributed by atoms with van der Waals surface area (Å²) in [6.45, 7) is 3.52. The van der Waals surface area contributed by atoms with Crippen LogP contribution < -0.4 is 10.2 Å². The summed E-state index contributed by atoms with van der Waals surface area (Å²) in [7, 11) is 0. The first-order valence-corrected chi connectivity index (χ1v) is 9.54. The highest BCUT2D eigenvalue weighted by molar-refractivity contribution is 7.22. The number of hydrogen-bond acceptors (Lipinski definition) is 7. The summed E-state index contributed by atoms with van der Waals surface area (Å²) in [6, 6.07) is 8.15. The SMILES string of the molecule is Cc1nnc(NC(=O)C2CCCN(c3nc4ccccc4s3)C2)s1. The fourth-order valence-electron chi connectivity index (χ4n) is 2.91. The molecular formula is C16H17N5OS2. The van der Waals surface area contributed by atoms with Gasteiger partial charge in [-0.1, -0.05) is 34.8 Å². The largest absolute Gasteiger partial charge is 0.347 e. The summed E-state index contributed by atoms with van der Waals surface area (Å²) in [6.07, 6.45) is 1.88. The van der Waals surface area contributed by atoms with Gasteiger partial charge < -0.3 is 10.2 Å². The molecule has 1 saturated heterocycles. The molecule has 1 amide bonds. The minimum atomic E-state index is -0.0463. The van der Waals surface area contributed by atoms with Crippen molar-refractivity contribution in [1.29, 1.82) is 0 Å². The zero-order valence-electron chi connectivity index (χ0n) is 13.2. The molecule has 1 aliphatic heterocycles. The van der Waals surface area contributed by atoms with Crippen LogP contribution in [-0.4, -0.2) is 34.2 Å². The second-order valence-corrected chi connectivity index (χ2v) is 8.06. The highest BCUT2D eigenvalue weighted by Gasteiger charge is 2.28. The van der Waals surface area contributed by atoms with Crippen molar-refractivity contribution >= 4 is 49.1 Å². The lowest BCUT2D eigenvalue weighted by atomic mass is 9.98. The molecule has 3 heterocycles. The van der Waals surface area contributed by atoms with Gasteiger partial charge in [0.25, 0.3) is 0 Å². The molecule has 0 bridgehead atoms. The highest BCUT2D eigenvalue weighted by atomic mass is 32.1. The predicted octanol–water partition coefficient (Wildman–Crippen LogP) is 3.31. The maximum atomic E-state index is 12.5. The van der Waals surface area contributed by atoms with E-state index in [9.17, 15) is 4.79 Å². The first-order chi connectivity index (χ1) is 11.7. The molecule has 1 N–H and O–H groups in total. The third-order valence-corrected chi connectivity index (χ3v) is 5.95. The van der Waals surface area contributed by atoms with Crippen LogP contribution in [0, 0.1) is 12.8 Å². The van der Waals surface area contributed by atoms with Gasteiger partial charge in [0, 0.05) is 13.1 Å². The van der Waals surface area contributed by atoms with Gasteiger partial charge in [0.15, 0.2) is 5.13 Å². The zero-order chi connectivity index (χ0) is 16.5. The minimum Gasteiger partial charge on any atom is -0.347 e. The molecule has 1 aliphatic rings. The summed E-state index contributed by atoms with van der Waals surface area (Å²) in [5, 5.41) is 13.2. The lowest BCUT2D eigenvalue weighted by molar-refractivity contribution is -0.120. The molecule has 8 heteroatoms. The fraction of sp³-hybridized carbons (Fsp3) is 0.375. The topological polar surface area (TPSA) is 71.0 Å². The van der Waals surface area contributed by atoms with Gasteiger partial charge in [0.1, 0.15) is 5.01 Å². The van der Waals surface area contributed by atoms with Crippen LogP contribution in [0.1, 0.15) is 17.8 Å². The van der Waals surface area contributed by atoms with E-state index in [1.165, 1.54) is 16.0 Å². The molecule has 6 nitrogen and oxygen atoms in total. The molecular weight excluding hydrogens is 342 g/mol. The maximum Gasteiger partial charge on any atom is 0.231 e. The van der Waals surface area contributed by atoms with Crippen molar-refractivity contribution in [3.63, 3.8) is 0 Å². The Hall–Kier alpha value is -2.06. The average molecular weight is 359 g/mol. The van der Waals surface area contributed by atoms with E-state index in [4.69, 9.17) is 4.98 Å². The molecule has 1 fully saturated rings. The lowest BCUT2D eigenvalue weighted by Gasteiger charge is -2.31. The van der Waals surface area contributed by atoms with Crippen LogP contribution in [0.5, 0.6) is 0 Å². The van der Waals surface area contributed by atoms with Gasteiger partial charge in [-0.05, 0) is 31.9 Å². The molecule has 124 valence electrons. The van der Waals surface area contributed by atoms with Crippen molar-refractivity contribution in [3.8, 4) is 0 Å². The number of aromatic nitrogens is 3. The number of nitrogens with zero attached hydrogens (tertiary/aromatic N) is 4. The van der Waals surface area contributed by atoms with Gasteiger partial charge in [-0.25, -0.2) is 4.98 Å². The van der Waals surface area contributed by atoms with Crippen LogP contribution >= 0.6 is 22.7 Å². The Balaban J connectivity index is 1.47. The molecule has 3 aromatic rings. The van der Waals surface area contributed by atoms with E-state index in [1.807, 2.05) is 25.1 Å². The minimum absolute atomic E-state index is 0.0250. The number of benzene rings is 1. The van der Waals surface area contributed by atoms with Gasteiger partial charge in [0.2, 0.25) is 11.0 Å².